The number of nitrogens with zero attached hydrogens (tertiary/aromatic N) is 1. The second kappa shape index (κ2) is 6.84. The smallest absolute Gasteiger partial charge is 0.410 e. The van der Waals surface area contributed by atoms with Crippen LogP contribution in [0.3, 0.4) is 0 Å². The molecule has 7 heteroatoms. The predicted octanol–water partition coefficient (Wildman–Crippen LogP) is 1.53. The number of nitrogens with one attached hydrogen (secondary N) is 1. The Balaban J connectivity index is 4.33. The van der Waals surface area contributed by atoms with E-state index in [1.807, 2.05) is 0 Å². The minimum absolute atomic E-state index is 0.0752. The van der Waals surface area contributed by atoms with Crippen LogP contribution in [0.5, 0.6) is 0 Å². The zero-order chi connectivity index (χ0) is 14.5. The normalized spacial score (nSPS) is 14.8. The van der Waals surface area contributed by atoms with E-state index < -0.39 is 22.8 Å². The lowest BCUT2D eigenvalue weighted by molar-refractivity contribution is 0.0241. The number of rotatable bonds is 5. The highest BCUT2D eigenvalue weighted by atomic mass is 32.2. The Hall–Kier alpha value is -0.950. The van der Waals surface area contributed by atoms with Gasteiger partial charge >= 0.3 is 6.09 Å². The van der Waals surface area contributed by atoms with Crippen molar-refractivity contribution in [1.29, 1.82) is 5.41 Å². The Morgan fingerprint density at radius 3 is 2.39 bits per heavy atom. The standard InChI is InChI=1S/C11H22N2O4S/c1-8(6-9(12)7-18(15)16)13(5)10(14)17-11(2,3)4/h8,12H,6-7H2,1-5H3,(H,15,16)/p-1. The van der Waals surface area contributed by atoms with E-state index in [1.165, 1.54) is 4.90 Å². The quantitative estimate of drug-likeness (QED) is 0.609. The first-order chi connectivity index (χ1) is 8.03. The first-order valence-electron chi connectivity index (χ1n) is 5.61. The molecule has 0 aliphatic carbocycles. The molecule has 1 amide bonds. The van der Waals surface area contributed by atoms with Crippen molar-refractivity contribution in [2.24, 2.45) is 0 Å². The maximum Gasteiger partial charge on any atom is 0.410 e. The van der Waals surface area contributed by atoms with Gasteiger partial charge in [-0.05, 0) is 38.8 Å². The first-order valence-corrected chi connectivity index (χ1v) is 6.85. The number of carbonyl (C=O) groups is 1. The van der Waals surface area contributed by atoms with Gasteiger partial charge in [-0.2, -0.15) is 0 Å². The third-order valence-electron chi connectivity index (χ3n) is 2.18. The van der Waals surface area contributed by atoms with Crippen LogP contribution in [-0.4, -0.2) is 49.9 Å². The fourth-order valence-electron chi connectivity index (χ4n) is 1.21. The van der Waals surface area contributed by atoms with Crippen LogP contribution in [0.25, 0.3) is 0 Å². The zero-order valence-electron chi connectivity index (χ0n) is 11.5. The second-order valence-electron chi connectivity index (χ2n) is 5.20. The molecule has 18 heavy (non-hydrogen) atoms. The summed E-state index contributed by atoms with van der Waals surface area (Å²) in [6, 6.07) is -0.282. The van der Waals surface area contributed by atoms with Gasteiger partial charge in [-0.1, -0.05) is 0 Å². The van der Waals surface area contributed by atoms with Crippen molar-refractivity contribution < 1.29 is 18.3 Å². The minimum Gasteiger partial charge on any atom is -0.772 e. The van der Waals surface area contributed by atoms with Gasteiger partial charge in [0.05, 0.1) is 0 Å². The highest BCUT2D eigenvalue weighted by molar-refractivity contribution is 7.79. The summed E-state index contributed by atoms with van der Waals surface area (Å²) in [5, 5.41) is 7.49. The summed E-state index contributed by atoms with van der Waals surface area (Å²) in [6.45, 7) is 7.05. The minimum atomic E-state index is -2.26. The summed E-state index contributed by atoms with van der Waals surface area (Å²) in [5.41, 5.74) is -0.499. The lowest BCUT2D eigenvalue weighted by atomic mass is 10.1. The topological polar surface area (TPSA) is 93.5 Å². The van der Waals surface area contributed by atoms with Crippen molar-refractivity contribution >= 4 is 22.9 Å². The molecule has 106 valence electrons. The maximum absolute atomic E-state index is 11.7. The Kier molecular flexibility index (Phi) is 6.48. The van der Waals surface area contributed by atoms with Crippen molar-refractivity contribution in [3.8, 4) is 0 Å². The SMILES string of the molecule is CC(CC(=N)CS(=O)[O-])N(C)C(=O)OC(C)(C)C. The average molecular weight is 277 g/mol. The average Bonchev–Trinajstić information content (AvgIpc) is 2.11. The largest absolute Gasteiger partial charge is 0.772 e. The number of hydrogen-bond acceptors (Lipinski definition) is 5. The molecule has 0 fully saturated rings. The maximum atomic E-state index is 11.7. The summed E-state index contributed by atoms with van der Waals surface area (Å²) in [4.78, 5) is 13.1. The van der Waals surface area contributed by atoms with Gasteiger partial charge in [0.25, 0.3) is 0 Å². The van der Waals surface area contributed by atoms with Gasteiger partial charge in [0.2, 0.25) is 0 Å². The summed E-state index contributed by atoms with van der Waals surface area (Å²) in [7, 11) is 1.57. The molecule has 0 aromatic heterocycles. The van der Waals surface area contributed by atoms with Crippen LogP contribution in [0.2, 0.25) is 0 Å². The number of ether oxygens (including phenoxy) is 1. The molecular formula is C11H21N2O4S-. The molecule has 0 aromatic carbocycles. The van der Waals surface area contributed by atoms with Crippen molar-refractivity contribution in [3.63, 3.8) is 0 Å². The molecule has 6 nitrogen and oxygen atoms in total. The van der Waals surface area contributed by atoms with Crippen LogP contribution in [-0.2, 0) is 15.8 Å². The molecule has 0 rings (SSSR count). The Labute approximate surface area is 110 Å². The van der Waals surface area contributed by atoms with E-state index >= 15 is 0 Å². The van der Waals surface area contributed by atoms with Crippen LogP contribution in [0.4, 0.5) is 4.79 Å². The first kappa shape index (κ1) is 17.1. The van der Waals surface area contributed by atoms with Gasteiger partial charge in [-0.25, -0.2) is 4.79 Å². The van der Waals surface area contributed by atoms with E-state index in [0.717, 1.165) is 0 Å². The van der Waals surface area contributed by atoms with Crippen LogP contribution < -0.4 is 0 Å². The van der Waals surface area contributed by atoms with Crippen molar-refractivity contribution in [2.45, 2.75) is 45.8 Å². The van der Waals surface area contributed by atoms with Crippen molar-refractivity contribution in [1.82, 2.24) is 4.90 Å². The lowest BCUT2D eigenvalue weighted by Crippen LogP contribution is -2.40. The fourth-order valence-corrected chi connectivity index (χ4v) is 1.61. The fraction of sp³-hybridized carbons (Fsp3) is 0.818. The van der Waals surface area contributed by atoms with E-state index in [-0.39, 0.29) is 23.9 Å². The Morgan fingerprint density at radius 1 is 1.50 bits per heavy atom. The molecule has 0 spiro atoms. The monoisotopic (exact) mass is 277 g/mol. The van der Waals surface area contributed by atoms with Gasteiger partial charge in [0.15, 0.2) is 0 Å². The highest BCUT2D eigenvalue weighted by Crippen LogP contribution is 2.12. The molecule has 0 bridgehead atoms. The van der Waals surface area contributed by atoms with E-state index in [0.29, 0.717) is 0 Å². The van der Waals surface area contributed by atoms with Gasteiger partial charge in [0, 0.05) is 31.0 Å². The molecule has 0 saturated carbocycles. The summed E-state index contributed by atoms with van der Waals surface area (Å²) in [6.07, 6.45) is -0.268. The van der Waals surface area contributed by atoms with Crippen molar-refractivity contribution in [3.05, 3.63) is 0 Å². The molecule has 2 atom stereocenters. The summed E-state index contributed by atoms with van der Waals surface area (Å²) >= 11 is -2.26. The Morgan fingerprint density at radius 2 is 2.00 bits per heavy atom. The number of carbonyl (C=O) groups excluding carboxylic acids is 1. The summed E-state index contributed by atoms with van der Waals surface area (Å²) < 4.78 is 26.1. The van der Waals surface area contributed by atoms with E-state index in [4.69, 9.17) is 10.1 Å². The highest BCUT2D eigenvalue weighted by Gasteiger charge is 2.23. The molecular weight excluding hydrogens is 256 g/mol. The summed E-state index contributed by atoms with van der Waals surface area (Å²) in [5.74, 6) is -0.299. The zero-order valence-corrected chi connectivity index (χ0v) is 12.3. The molecule has 0 radical (unpaired) electrons. The van der Waals surface area contributed by atoms with Crippen LogP contribution in [0.15, 0.2) is 0 Å². The number of amides is 1. The van der Waals surface area contributed by atoms with Gasteiger partial charge < -0.3 is 19.6 Å². The molecule has 0 saturated heterocycles. The van der Waals surface area contributed by atoms with Crippen molar-refractivity contribution in [2.75, 3.05) is 12.8 Å². The van der Waals surface area contributed by atoms with Gasteiger partial charge in [-0.3, -0.25) is 4.21 Å². The molecule has 2 unspecified atom stereocenters. The second-order valence-corrected chi connectivity index (χ2v) is 6.09. The van der Waals surface area contributed by atoms with E-state index in [9.17, 15) is 13.6 Å². The van der Waals surface area contributed by atoms with Crippen LogP contribution in [0.1, 0.15) is 34.1 Å². The predicted molar refractivity (Wildman–Crippen MR) is 69.6 cm³/mol. The third kappa shape index (κ3) is 7.39. The Bertz CT molecular complexity index is 338. The van der Waals surface area contributed by atoms with Gasteiger partial charge in [-0.15, -0.1) is 0 Å². The lowest BCUT2D eigenvalue weighted by Gasteiger charge is -2.28. The van der Waals surface area contributed by atoms with E-state index in [1.54, 1.807) is 34.7 Å². The van der Waals surface area contributed by atoms with Crippen LogP contribution in [0, 0.1) is 5.41 Å². The molecule has 0 aliphatic heterocycles. The molecule has 0 aliphatic rings. The van der Waals surface area contributed by atoms with E-state index in [2.05, 4.69) is 0 Å². The molecule has 0 heterocycles. The third-order valence-corrected chi connectivity index (χ3v) is 2.76. The molecule has 0 aromatic rings. The molecule has 1 N–H and O–H groups in total. The van der Waals surface area contributed by atoms with Crippen LogP contribution >= 0.6 is 0 Å². The number of hydrogen-bond donors (Lipinski definition) is 1. The van der Waals surface area contributed by atoms with Gasteiger partial charge in [0.1, 0.15) is 5.60 Å².